The summed E-state index contributed by atoms with van der Waals surface area (Å²) in [6, 6.07) is 8.66. The number of amides is 1. The van der Waals surface area contributed by atoms with Gasteiger partial charge in [-0.25, -0.2) is 9.97 Å². The molecule has 0 aliphatic carbocycles. The molecule has 1 amide bonds. The van der Waals surface area contributed by atoms with Crippen LogP contribution in [0.15, 0.2) is 36.7 Å². The molecule has 0 spiro atoms. The van der Waals surface area contributed by atoms with E-state index in [1.807, 2.05) is 6.07 Å². The third kappa shape index (κ3) is 3.22. The van der Waals surface area contributed by atoms with Gasteiger partial charge in [0, 0.05) is 24.9 Å². The van der Waals surface area contributed by atoms with E-state index in [4.69, 9.17) is 4.74 Å². The van der Waals surface area contributed by atoms with Gasteiger partial charge in [0.25, 0.3) is 5.91 Å². The van der Waals surface area contributed by atoms with E-state index in [-0.39, 0.29) is 12.0 Å². The number of anilines is 2. The summed E-state index contributed by atoms with van der Waals surface area (Å²) in [5.74, 6) is 0.567. The van der Waals surface area contributed by atoms with Crippen LogP contribution in [0.3, 0.4) is 0 Å². The number of ether oxygens (including phenoxy) is 1. The van der Waals surface area contributed by atoms with E-state index < -0.39 is 0 Å². The van der Waals surface area contributed by atoms with Crippen molar-refractivity contribution in [1.82, 2.24) is 15.3 Å². The normalized spacial score (nSPS) is 22.0. The van der Waals surface area contributed by atoms with Gasteiger partial charge < -0.3 is 15.0 Å². The SMILES string of the molecule is CC1Cc2ccccc2N1c1cnc(C(=O)NCC2CCCO2)cn1. The molecule has 2 unspecified atom stereocenters. The Hall–Kier alpha value is -2.47. The van der Waals surface area contributed by atoms with E-state index in [0.29, 0.717) is 18.3 Å². The number of carbonyl (C=O) groups excluding carboxylic acids is 1. The average molecular weight is 338 g/mol. The van der Waals surface area contributed by atoms with Crippen LogP contribution in [0.4, 0.5) is 11.5 Å². The molecule has 0 bridgehead atoms. The van der Waals surface area contributed by atoms with Crippen LogP contribution in [-0.4, -0.2) is 41.2 Å². The molecule has 2 aliphatic rings. The van der Waals surface area contributed by atoms with Gasteiger partial charge in [-0.2, -0.15) is 0 Å². The number of para-hydroxylation sites is 1. The molecule has 0 saturated carbocycles. The Morgan fingerprint density at radius 3 is 2.96 bits per heavy atom. The van der Waals surface area contributed by atoms with Crippen LogP contribution in [0, 0.1) is 0 Å². The zero-order chi connectivity index (χ0) is 17.2. The third-order valence-corrected chi connectivity index (χ3v) is 4.84. The first-order chi connectivity index (χ1) is 12.2. The summed E-state index contributed by atoms with van der Waals surface area (Å²) >= 11 is 0. The summed E-state index contributed by atoms with van der Waals surface area (Å²) < 4.78 is 5.51. The van der Waals surface area contributed by atoms with Crippen LogP contribution >= 0.6 is 0 Å². The Labute approximate surface area is 147 Å². The fourth-order valence-corrected chi connectivity index (χ4v) is 3.58. The van der Waals surface area contributed by atoms with Crippen molar-refractivity contribution in [1.29, 1.82) is 0 Å². The molecule has 2 aliphatic heterocycles. The summed E-state index contributed by atoms with van der Waals surface area (Å²) in [4.78, 5) is 23.2. The number of nitrogens with one attached hydrogen (secondary N) is 1. The monoisotopic (exact) mass is 338 g/mol. The minimum Gasteiger partial charge on any atom is -0.376 e. The number of nitrogens with zero attached hydrogens (tertiary/aromatic N) is 3. The Kier molecular flexibility index (Phi) is 4.36. The van der Waals surface area contributed by atoms with Crippen molar-refractivity contribution in [3.63, 3.8) is 0 Å². The van der Waals surface area contributed by atoms with Crippen LogP contribution in [0.5, 0.6) is 0 Å². The van der Waals surface area contributed by atoms with Gasteiger partial charge in [0.2, 0.25) is 0 Å². The largest absolute Gasteiger partial charge is 0.376 e. The van der Waals surface area contributed by atoms with Gasteiger partial charge in [-0.1, -0.05) is 18.2 Å². The molecule has 1 fully saturated rings. The van der Waals surface area contributed by atoms with Gasteiger partial charge in [0.1, 0.15) is 5.69 Å². The highest BCUT2D eigenvalue weighted by Crippen LogP contribution is 2.36. The molecule has 6 heteroatoms. The minimum absolute atomic E-state index is 0.123. The van der Waals surface area contributed by atoms with E-state index in [2.05, 4.69) is 45.3 Å². The lowest BCUT2D eigenvalue weighted by molar-refractivity contribution is 0.0853. The maximum absolute atomic E-state index is 12.2. The van der Waals surface area contributed by atoms with Crippen LogP contribution in [0.2, 0.25) is 0 Å². The Balaban J connectivity index is 1.46. The molecule has 6 nitrogen and oxygen atoms in total. The average Bonchev–Trinajstić information content (AvgIpc) is 3.26. The molecular formula is C19H22N4O2. The summed E-state index contributed by atoms with van der Waals surface area (Å²) in [6.07, 6.45) is 6.40. The topological polar surface area (TPSA) is 67.4 Å². The van der Waals surface area contributed by atoms with Crippen molar-refractivity contribution < 1.29 is 9.53 Å². The number of benzene rings is 1. The van der Waals surface area contributed by atoms with E-state index in [0.717, 1.165) is 31.7 Å². The van der Waals surface area contributed by atoms with Gasteiger partial charge in [0.05, 0.1) is 18.5 Å². The number of fused-ring (bicyclic) bond motifs is 1. The molecule has 1 saturated heterocycles. The lowest BCUT2D eigenvalue weighted by Gasteiger charge is -2.23. The first-order valence-electron chi connectivity index (χ1n) is 8.81. The van der Waals surface area contributed by atoms with Gasteiger partial charge in [-0.15, -0.1) is 0 Å². The summed E-state index contributed by atoms with van der Waals surface area (Å²) in [7, 11) is 0. The first kappa shape index (κ1) is 16.0. The molecule has 1 N–H and O–H groups in total. The third-order valence-electron chi connectivity index (χ3n) is 4.84. The van der Waals surface area contributed by atoms with Crippen molar-refractivity contribution in [3.05, 3.63) is 47.9 Å². The molecule has 2 aromatic rings. The molecule has 2 atom stereocenters. The van der Waals surface area contributed by atoms with E-state index >= 15 is 0 Å². The zero-order valence-corrected chi connectivity index (χ0v) is 14.3. The number of aromatic nitrogens is 2. The smallest absolute Gasteiger partial charge is 0.271 e. The van der Waals surface area contributed by atoms with E-state index in [1.54, 1.807) is 12.4 Å². The van der Waals surface area contributed by atoms with Gasteiger partial charge >= 0.3 is 0 Å². The number of carbonyl (C=O) groups is 1. The van der Waals surface area contributed by atoms with Crippen molar-refractivity contribution in [3.8, 4) is 0 Å². The lowest BCUT2D eigenvalue weighted by atomic mass is 10.1. The Morgan fingerprint density at radius 2 is 2.20 bits per heavy atom. The number of hydrogen-bond acceptors (Lipinski definition) is 5. The standard InChI is InChI=1S/C19H22N4O2/c1-13-9-14-5-2-3-7-17(14)23(13)18-12-20-16(11-21-18)19(24)22-10-15-6-4-8-25-15/h2-3,5,7,11-13,15H,4,6,8-10H2,1H3,(H,22,24). The maximum Gasteiger partial charge on any atom is 0.271 e. The maximum atomic E-state index is 12.2. The molecule has 25 heavy (non-hydrogen) atoms. The quantitative estimate of drug-likeness (QED) is 0.927. The van der Waals surface area contributed by atoms with Crippen molar-refractivity contribution in [2.75, 3.05) is 18.1 Å². The second-order valence-electron chi connectivity index (χ2n) is 6.66. The summed E-state index contributed by atoms with van der Waals surface area (Å²) in [5, 5.41) is 2.87. The van der Waals surface area contributed by atoms with E-state index in [9.17, 15) is 4.79 Å². The van der Waals surface area contributed by atoms with Gasteiger partial charge in [0.15, 0.2) is 5.82 Å². The van der Waals surface area contributed by atoms with Crippen molar-refractivity contribution in [2.45, 2.75) is 38.3 Å². The van der Waals surface area contributed by atoms with Crippen molar-refractivity contribution >= 4 is 17.4 Å². The van der Waals surface area contributed by atoms with Gasteiger partial charge in [-0.3, -0.25) is 4.79 Å². The molecule has 4 rings (SSSR count). The van der Waals surface area contributed by atoms with Crippen molar-refractivity contribution in [2.24, 2.45) is 0 Å². The second kappa shape index (κ2) is 6.80. The molecule has 1 aromatic carbocycles. The Morgan fingerprint density at radius 1 is 1.32 bits per heavy atom. The molecule has 0 radical (unpaired) electrons. The Bertz CT molecular complexity index is 756. The molecular weight excluding hydrogens is 316 g/mol. The number of rotatable bonds is 4. The zero-order valence-electron chi connectivity index (χ0n) is 14.3. The highest BCUT2D eigenvalue weighted by molar-refractivity contribution is 5.92. The van der Waals surface area contributed by atoms with Crippen LogP contribution < -0.4 is 10.2 Å². The first-order valence-corrected chi connectivity index (χ1v) is 8.81. The lowest BCUT2D eigenvalue weighted by Crippen LogP contribution is -2.32. The fraction of sp³-hybridized carbons (Fsp3) is 0.421. The predicted molar refractivity (Wildman–Crippen MR) is 95.1 cm³/mol. The van der Waals surface area contributed by atoms with Gasteiger partial charge in [-0.05, 0) is 37.8 Å². The molecule has 3 heterocycles. The molecule has 130 valence electrons. The summed E-state index contributed by atoms with van der Waals surface area (Å²) in [6.45, 7) is 3.48. The fourth-order valence-electron chi connectivity index (χ4n) is 3.58. The summed E-state index contributed by atoms with van der Waals surface area (Å²) in [5.41, 5.74) is 2.82. The molecule has 1 aromatic heterocycles. The van der Waals surface area contributed by atoms with Crippen LogP contribution in [-0.2, 0) is 11.2 Å². The number of hydrogen-bond donors (Lipinski definition) is 1. The van der Waals surface area contributed by atoms with Crippen LogP contribution in [0.25, 0.3) is 0 Å². The highest BCUT2D eigenvalue weighted by atomic mass is 16.5. The van der Waals surface area contributed by atoms with E-state index in [1.165, 1.54) is 11.3 Å². The predicted octanol–water partition coefficient (Wildman–Crippen LogP) is 2.47. The van der Waals surface area contributed by atoms with Crippen LogP contribution in [0.1, 0.15) is 35.8 Å². The minimum atomic E-state index is -0.204. The second-order valence-corrected chi connectivity index (χ2v) is 6.66. The highest BCUT2D eigenvalue weighted by Gasteiger charge is 2.28.